The third kappa shape index (κ3) is 3.77. The Morgan fingerprint density at radius 1 is 1.19 bits per heavy atom. The monoisotopic (exact) mass is 371 g/mol. The number of tetrazole rings is 1. The van der Waals surface area contributed by atoms with E-state index in [0.29, 0.717) is 6.04 Å². The third-order valence-corrected chi connectivity index (χ3v) is 6.45. The first kappa shape index (κ1) is 17.5. The van der Waals surface area contributed by atoms with E-state index in [1.54, 1.807) is 0 Å². The van der Waals surface area contributed by atoms with Crippen molar-refractivity contribution in [3.63, 3.8) is 0 Å². The van der Waals surface area contributed by atoms with Crippen molar-refractivity contribution in [2.24, 2.45) is 0 Å². The lowest BCUT2D eigenvalue weighted by Gasteiger charge is -2.22. The summed E-state index contributed by atoms with van der Waals surface area (Å²) in [5.74, 6) is -0.00820. The van der Waals surface area contributed by atoms with Gasteiger partial charge in [0.05, 0.1) is 11.3 Å². The lowest BCUT2D eigenvalue weighted by atomic mass is 9.96. The van der Waals surface area contributed by atoms with Crippen LogP contribution in [0.1, 0.15) is 62.6 Å². The van der Waals surface area contributed by atoms with Crippen molar-refractivity contribution in [1.82, 2.24) is 20.2 Å². The van der Waals surface area contributed by atoms with E-state index < -0.39 is 0 Å². The molecule has 1 amide bonds. The van der Waals surface area contributed by atoms with Crippen LogP contribution in [0, 0.1) is 0 Å². The standard InChI is InChI=1S/C19H25N5OS/c1-13(18(25)20-16-11-10-14-6-5-7-15(14)12-16)26-19-21-22-23-24(19)17-8-3-2-4-9-17/h10-13,17H,2-9H2,1H3,(H,20,25). The number of carbonyl (C=O) groups is 1. The molecule has 4 rings (SSSR count). The van der Waals surface area contributed by atoms with Gasteiger partial charge in [0.25, 0.3) is 0 Å². The maximum absolute atomic E-state index is 12.6. The number of benzene rings is 1. The van der Waals surface area contributed by atoms with E-state index >= 15 is 0 Å². The highest BCUT2D eigenvalue weighted by atomic mass is 32.2. The first-order valence-corrected chi connectivity index (χ1v) is 10.5. The number of thioether (sulfide) groups is 1. The van der Waals surface area contributed by atoms with Crippen molar-refractivity contribution in [2.45, 2.75) is 74.7 Å². The zero-order valence-corrected chi connectivity index (χ0v) is 16.0. The van der Waals surface area contributed by atoms with Gasteiger partial charge in [-0.1, -0.05) is 37.1 Å². The van der Waals surface area contributed by atoms with Crippen molar-refractivity contribution < 1.29 is 4.79 Å². The van der Waals surface area contributed by atoms with Gasteiger partial charge in [0.2, 0.25) is 11.1 Å². The Hall–Kier alpha value is -1.89. The molecule has 2 aromatic rings. The van der Waals surface area contributed by atoms with E-state index in [1.165, 1.54) is 48.6 Å². The SMILES string of the molecule is CC(Sc1nnnn1C1CCCCC1)C(=O)Nc1ccc2c(c1)CCC2. The number of carbonyl (C=O) groups excluding carboxylic acids is 1. The molecule has 1 aromatic heterocycles. The quantitative estimate of drug-likeness (QED) is 0.810. The highest BCUT2D eigenvalue weighted by molar-refractivity contribution is 8.00. The number of amides is 1. The summed E-state index contributed by atoms with van der Waals surface area (Å²) in [4.78, 5) is 12.6. The van der Waals surface area contributed by atoms with Crippen LogP contribution in [0.15, 0.2) is 23.4 Å². The number of rotatable bonds is 5. The van der Waals surface area contributed by atoms with Crippen molar-refractivity contribution in [1.29, 1.82) is 0 Å². The molecule has 1 aromatic carbocycles. The van der Waals surface area contributed by atoms with Gasteiger partial charge in [0.15, 0.2) is 0 Å². The third-order valence-electron chi connectivity index (χ3n) is 5.40. The number of anilines is 1. The summed E-state index contributed by atoms with van der Waals surface area (Å²) in [7, 11) is 0. The summed E-state index contributed by atoms with van der Waals surface area (Å²) in [6.07, 6.45) is 9.46. The number of nitrogens with one attached hydrogen (secondary N) is 1. The highest BCUT2D eigenvalue weighted by Gasteiger charge is 2.24. The largest absolute Gasteiger partial charge is 0.325 e. The molecule has 1 N–H and O–H groups in total. The minimum atomic E-state index is -0.253. The number of aromatic nitrogens is 4. The van der Waals surface area contributed by atoms with Crippen LogP contribution in [0.3, 0.4) is 0 Å². The van der Waals surface area contributed by atoms with Gasteiger partial charge >= 0.3 is 0 Å². The van der Waals surface area contributed by atoms with Crippen LogP contribution in [-0.2, 0) is 17.6 Å². The van der Waals surface area contributed by atoms with Crippen LogP contribution >= 0.6 is 11.8 Å². The summed E-state index contributed by atoms with van der Waals surface area (Å²) in [5, 5.41) is 15.7. The number of fused-ring (bicyclic) bond motifs is 1. The summed E-state index contributed by atoms with van der Waals surface area (Å²) in [6.45, 7) is 1.91. The topological polar surface area (TPSA) is 72.7 Å². The molecule has 2 aliphatic carbocycles. The second kappa shape index (κ2) is 7.78. The lowest BCUT2D eigenvalue weighted by molar-refractivity contribution is -0.115. The zero-order valence-electron chi connectivity index (χ0n) is 15.1. The first-order valence-electron chi connectivity index (χ1n) is 9.58. The molecule has 6 nitrogen and oxygen atoms in total. The summed E-state index contributed by atoms with van der Waals surface area (Å²) >= 11 is 1.44. The number of hydrogen-bond donors (Lipinski definition) is 1. The van der Waals surface area contributed by atoms with Gasteiger partial charge < -0.3 is 5.32 Å². The summed E-state index contributed by atoms with van der Waals surface area (Å²) in [6, 6.07) is 6.63. The second-order valence-electron chi connectivity index (χ2n) is 7.28. The van der Waals surface area contributed by atoms with Crippen LogP contribution in [0.2, 0.25) is 0 Å². The minimum Gasteiger partial charge on any atom is -0.325 e. The van der Waals surface area contributed by atoms with Gasteiger partial charge in [0, 0.05) is 5.69 Å². The maximum atomic E-state index is 12.6. The molecule has 0 saturated heterocycles. The van der Waals surface area contributed by atoms with Gasteiger partial charge in [-0.05, 0) is 72.7 Å². The fourth-order valence-electron chi connectivity index (χ4n) is 3.92. The zero-order chi connectivity index (χ0) is 17.9. The molecule has 0 spiro atoms. The van der Waals surface area contributed by atoms with E-state index in [9.17, 15) is 4.79 Å². The predicted octanol–water partition coefficient (Wildman–Crippen LogP) is 3.79. The molecule has 0 aliphatic heterocycles. The average molecular weight is 372 g/mol. The Morgan fingerprint density at radius 3 is 2.85 bits per heavy atom. The number of hydrogen-bond acceptors (Lipinski definition) is 5. The molecule has 26 heavy (non-hydrogen) atoms. The average Bonchev–Trinajstić information content (AvgIpc) is 3.31. The predicted molar refractivity (Wildman–Crippen MR) is 102 cm³/mol. The van der Waals surface area contributed by atoms with Crippen LogP contribution in [-0.4, -0.2) is 31.4 Å². The molecule has 1 atom stereocenters. The fourth-order valence-corrected chi connectivity index (χ4v) is 4.78. The number of aryl methyl sites for hydroxylation is 2. The Balaban J connectivity index is 1.39. The Labute approximate surface area is 158 Å². The molecule has 7 heteroatoms. The minimum absolute atomic E-state index is 0.00820. The van der Waals surface area contributed by atoms with Gasteiger partial charge in [-0.15, -0.1) is 5.10 Å². The second-order valence-corrected chi connectivity index (χ2v) is 8.59. The molecule has 1 fully saturated rings. The molecular formula is C19H25N5OS. The van der Waals surface area contributed by atoms with Crippen LogP contribution in [0.5, 0.6) is 0 Å². The van der Waals surface area contributed by atoms with Crippen molar-refractivity contribution in [3.05, 3.63) is 29.3 Å². The Bertz CT molecular complexity index is 784. The normalized spacial score (nSPS) is 18.5. The number of nitrogens with zero attached hydrogens (tertiary/aromatic N) is 4. The van der Waals surface area contributed by atoms with Crippen molar-refractivity contribution >= 4 is 23.4 Å². The van der Waals surface area contributed by atoms with Crippen molar-refractivity contribution in [3.8, 4) is 0 Å². The smallest absolute Gasteiger partial charge is 0.237 e. The molecule has 0 radical (unpaired) electrons. The molecule has 1 unspecified atom stereocenters. The molecule has 1 saturated carbocycles. The van der Waals surface area contributed by atoms with E-state index in [-0.39, 0.29) is 11.2 Å². The molecule has 1 heterocycles. The van der Waals surface area contributed by atoms with E-state index in [4.69, 9.17) is 0 Å². The van der Waals surface area contributed by atoms with E-state index in [2.05, 4.69) is 33.0 Å². The molecule has 138 valence electrons. The molecule has 2 aliphatic rings. The van der Waals surface area contributed by atoms with Gasteiger partial charge in [-0.2, -0.15) is 0 Å². The van der Waals surface area contributed by atoms with E-state index in [1.807, 2.05) is 17.7 Å². The fraction of sp³-hybridized carbons (Fsp3) is 0.579. The summed E-state index contributed by atoms with van der Waals surface area (Å²) in [5.41, 5.74) is 3.66. The Morgan fingerprint density at radius 2 is 2.00 bits per heavy atom. The van der Waals surface area contributed by atoms with Gasteiger partial charge in [-0.25, -0.2) is 4.68 Å². The van der Waals surface area contributed by atoms with Gasteiger partial charge in [-0.3, -0.25) is 4.79 Å². The lowest BCUT2D eigenvalue weighted by Crippen LogP contribution is -2.23. The maximum Gasteiger partial charge on any atom is 0.237 e. The van der Waals surface area contributed by atoms with E-state index in [0.717, 1.165) is 36.5 Å². The molecule has 0 bridgehead atoms. The summed E-state index contributed by atoms with van der Waals surface area (Å²) < 4.78 is 1.92. The van der Waals surface area contributed by atoms with Crippen molar-refractivity contribution in [2.75, 3.05) is 5.32 Å². The van der Waals surface area contributed by atoms with Crippen LogP contribution in [0.25, 0.3) is 0 Å². The first-order chi connectivity index (χ1) is 12.7. The van der Waals surface area contributed by atoms with Crippen LogP contribution in [0.4, 0.5) is 5.69 Å². The van der Waals surface area contributed by atoms with Gasteiger partial charge in [0.1, 0.15) is 0 Å². The Kier molecular flexibility index (Phi) is 5.24. The van der Waals surface area contributed by atoms with Crippen LogP contribution < -0.4 is 5.32 Å². The molecular weight excluding hydrogens is 346 g/mol. The highest BCUT2D eigenvalue weighted by Crippen LogP contribution is 2.32.